The van der Waals surface area contributed by atoms with Crippen LogP contribution in [0, 0.1) is 0 Å². The van der Waals surface area contributed by atoms with E-state index < -0.39 is 0 Å². The summed E-state index contributed by atoms with van der Waals surface area (Å²) in [6, 6.07) is 7.82. The van der Waals surface area contributed by atoms with E-state index >= 15 is 0 Å². The number of ether oxygens (including phenoxy) is 1. The largest absolute Gasteiger partial charge is 0.471 e. The van der Waals surface area contributed by atoms with Crippen LogP contribution < -0.4 is 16.2 Å². The summed E-state index contributed by atoms with van der Waals surface area (Å²) in [7, 11) is 0. The smallest absolute Gasteiger partial charge is 0.247 e. The van der Waals surface area contributed by atoms with Gasteiger partial charge in [0.1, 0.15) is 6.61 Å². The summed E-state index contributed by atoms with van der Waals surface area (Å²) in [6.07, 6.45) is 1.53. The zero-order valence-corrected chi connectivity index (χ0v) is 10.7. The van der Waals surface area contributed by atoms with Gasteiger partial charge in [-0.05, 0) is 11.1 Å². The highest BCUT2D eigenvalue weighted by Crippen LogP contribution is 2.21. The molecule has 102 valence electrons. The maximum absolute atomic E-state index is 5.72. The van der Waals surface area contributed by atoms with Gasteiger partial charge in [-0.25, -0.2) is 4.98 Å². The predicted octanol–water partition coefficient (Wildman–Crippen LogP) is 0.973. The average molecular weight is 270 g/mol. The van der Waals surface area contributed by atoms with Gasteiger partial charge in [-0.1, -0.05) is 24.3 Å². The first-order chi connectivity index (χ1) is 9.78. The summed E-state index contributed by atoms with van der Waals surface area (Å²) in [5.74, 6) is 0.504. The minimum Gasteiger partial charge on any atom is -0.471 e. The molecule has 2 heterocycles. The fourth-order valence-corrected chi connectivity index (χ4v) is 1.97. The average Bonchev–Trinajstić information content (AvgIpc) is 2.93. The molecule has 2 aromatic heterocycles. The van der Waals surface area contributed by atoms with E-state index in [4.69, 9.17) is 16.2 Å². The van der Waals surface area contributed by atoms with Gasteiger partial charge in [0.2, 0.25) is 11.8 Å². The molecular weight excluding hydrogens is 256 g/mol. The number of fused-ring (bicyclic) bond motifs is 1. The van der Waals surface area contributed by atoms with Crippen LogP contribution in [0.25, 0.3) is 11.2 Å². The molecule has 1 aromatic carbocycles. The van der Waals surface area contributed by atoms with Gasteiger partial charge in [-0.3, -0.25) is 0 Å². The zero-order chi connectivity index (χ0) is 13.9. The fraction of sp³-hybridized carbons (Fsp3) is 0.154. The molecule has 0 saturated heterocycles. The molecule has 5 N–H and O–H groups in total. The van der Waals surface area contributed by atoms with Crippen molar-refractivity contribution in [3.05, 3.63) is 41.7 Å². The third-order valence-electron chi connectivity index (χ3n) is 2.97. The van der Waals surface area contributed by atoms with Crippen LogP contribution in [0.5, 0.6) is 5.88 Å². The monoisotopic (exact) mass is 270 g/mol. The molecule has 0 unspecified atom stereocenters. The predicted molar refractivity (Wildman–Crippen MR) is 74.8 cm³/mol. The van der Waals surface area contributed by atoms with Crippen molar-refractivity contribution < 1.29 is 4.74 Å². The highest BCUT2D eigenvalue weighted by molar-refractivity contribution is 5.76. The van der Waals surface area contributed by atoms with Crippen LogP contribution in [0.15, 0.2) is 30.6 Å². The van der Waals surface area contributed by atoms with Crippen LogP contribution in [0.4, 0.5) is 5.95 Å². The molecule has 0 spiro atoms. The van der Waals surface area contributed by atoms with E-state index in [-0.39, 0.29) is 5.95 Å². The Bertz CT molecular complexity index is 739. The fourth-order valence-electron chi connectivity index (χ4n) is 1.97. The molecule has 0 radical (unpaired) electrons. The van der Waals surface area contributed by atoms with Crippen molar-refractivity contribution in [3.8, 4) is 5.88 Å². The third kappa shape index (κ3) is 2.26. The lowest BCUT2D eigenvalue weighted by Crippen LogP contribution is -2.06. The molecule has 0 fully saturated rings. The van der Waals surface area contributed by atoms with Gasteiger partial charge in [0.05, 0.1) is 6.33 Å². The first-order valence-corrected chi connectivity index (χ1v) is 6.14. The van der Waals surface area contributed by atoms with Crippen molar-refractivity contribution in [2.24, 2.45) is 5.73 Å². The second kappa shape index (κ2) is 5.14. The van der Waals surface area contributed by atoms with E-state index in [1.54, 1.807) is 0 Å². The summed E-state index contributed by atoms with van der Waals surface area (Å²) in [5.41, 5.74) is 14.5. The van der Waals surface area contributed by atoms with Crippen LogP contribution in [-0.4, -0.2) is 19.9 Å². The summed E-state index contributed by atoms with van der Waals surface area (Å²) in [6.45, 7) is 0.815. The topological polar surface area (TPSA) is 116 Å². The first kappa shape index (κ1) is 12.4. The van der Waals surface area contributed by atoms with E-state index in [9.17, 15) is 0 Å². The number of benzene rings is 1. The van der Waals surface area contributed by atoms with E-state index in [2.05, 4.69) is 19.9 Å². The Labute approximate surface area is 115 Å². The molecule has 3 rings (SSSR count). The number of anilines is 1. The number of aromatic amines is 1. The van der Waals surface area contributed by atoms with Crippen molar-refractivity contribution >= 4 is 17.1 Å². The maximum Gasteiger partial charge on any atom is 0.247 e. The SMILES string of the molecule is NCc1ccccc1COc1nc(N)nc2[nH]cnc12. The highest BCUT2D eigenvalue weighted by atomic mass is 16.5. The molecule has 0 atom stereocenters. The molecule has 7 nitrogen and oxygen atoms in total. The van der Waals surface area contributed by atoms with Crippen molar-refractivity contribution in [3.63, 3.8) is 0 Å². The number of nitrogens with one attached hydrogen (secondary N) is 1. The number of hydrogen-bond acceptors (Lipinski definition) is 6. The first-order valence-electron chi connectivity index (χ1n) is 6.14. The Balaban J connectivity index is 1.88. The second-order valence-electron chi connectivity index (χ2n) is 4.25. The number of aromatic nitrogens is 4. The van der Waals surface area contributed by atoms with Gasteiger partial charge in [0, 0.05) is 6.54 Å². The van der Waals surface area contributed by atoms with Gasteiger partial charge < -0.3 is 21.2 Å². The molecule has 0 aliphatic heterocycles. The summed E-state index contributed by atoms with van der Waals surface area (Å²) in [4.78, 5) is 15.1. The second-order valence-corrected chi connectivity index (χ2v) is 4.25. The molecule has 3 aromatic rings. The van der Waals surface area contributed by atoms with E-state index in [1.807, 2.05) is 24.3 Å². The standard InChI is InChI=1S/C13H14N6O/c14-5-8-3-1-2-4-9(8)6-20-12-10-11(17-7-16-10)18-13(15)19-12/h1-4,7H,5-6,14H2,(H3,15,16,17,18,19). The van der Waals surface area contributed by atoms with Gasteiger partial charge in [-0.15, -0.1) is 0 Å². The van der Waals surface area contributed by atoms with E-state index in [0.717, 1.165) is 11.1 Å². The molecule has 0 saturated carbocycles. The Hall–Kier alpha value is -2.67. The van der Waals surface area contributed by atoms with E-state index in [1.165, 1.54) is 6.33 Å². The van der Waals surface area contributed by atoms with Gasteiger partial charge in [0.25, 0.3) is 0 Å². The van der Waals surface area contributed by atoms with Crippen molar-refractivity contribution in [1.29, 1.82) is 0 Å². The van der Waals surface area contributed by atoms with Crippen LogP contribution in [0.2, 0.25) is 0 Å². The third-order valence-corrected chi connectivity index (χ3v) is 2.97. The Kier molecular flexibility index (Phi) is 3.18. The number of H-pyrrole nitrogens is 1. The van der Waals surface area contributed by atoms with Gasteiger partial charge in [-0.2, -0.15) is 9.97 Å². The Morgan fingerprint density at radius 3 is 2.75 bits per heavy atom. The Morgan fingerprint density at radius 1 is 1.15 bits per heavy atom. The number of nitrogens with zero attached hydrogens (tertiary/aromatic N) is 3. The molecular formula is C13H14N6O. The summed E-state index contributed by atoms with van der Waals surface area (Å²) >= 11 is 0. The highest BCUT2D eigenvalue weighted by Gasteiger charge is 2.10. The molecule has 0 bridgehead atoms. The lowest BCUT2D eigenvalue weighted by Gasteiger charge is -2.09. The molecule has 0 aliphatic rings. The maximum atomic E-state index is 5.72. The Morgan fingerprint density at radius 2 is 1.95 bits per heavy atom. The quantitative estimate of drug-likeness (QED) is 0.650. The minimum absolute atomic E-state index is 0.142. The molecule has 0 aliphatic carbocycles. The minimum atomic E-state index is 0.142. The lowest BCUT2D eigenvalue weighted by molar-refractivity contribution is 0.296. The van der Waals surface area contributed by atoms with Crippen LogP contribution in [0.1, 0.15) is 11.1 Å². The van der Waals surface area contributed by atoms with E-state index in [0.29, 0.717) is 30.2 Å². The summed E-state index contributed by atoms with van der Waals surface area (Å²) in [5, 5.41) is 0. The van der Waals surface area contributed by atoms with Crippen LogP contribution in [-0.2, 0) is 13.2 Å². The van der Waals surface area contributed by atoms with Crippen LogP contribution in [0.3, 0.4) is 0 Å². The van der Waals surface area contributed by atoms with Crippen molar-refractivity contribution in [2.45, 2.75) is 13.2 Å². The van der Waals surface area contributed by atoms with Crippen molar-refractivity contribution in [1.82, 2.24) is 19.9 Å². The number of nitrogens with two attached hydrogens (primary N) is 2. The number of imidazole rings is 1. The number of hydrogen-bond donors (Lipinski definition) is 3. The van der Waals surface area contributed by atoms with Gasteiger partial charge >= 0.3 is 0 Å². The zero-order valence-electron chi connectivity index (χ0n) is 10.7. The molecule has 20 heavy (non-hydrogen) atoms. The van der Waals surface area contributed by atoms with Crippen molar-refractivity contribution in [2.75, 3.05) is 5.73 Å². The van der Waals surface area contributed by atoms with Crippen LogP contribution >= 0.6 is 0 Å². The normalized spacial score (nSPS) is 10.8. The van der Waals surface area contributed by atoms with Gasteiger partial charge in [0.15, 0.2) is 11.2 Å². The molecule has 7 heteroatoms. The number of rotatable bonds is 4. The molecule has 0 amide bonds. The summed E-state index contributed by atoms with van der Waals surface area (Å²) < 4.78 is 5.72. The lowest BCUT2D eigenvalue weighted by atomic mass is 10.1. The number of nitrogen functional groups attached to an aromatic ring is 1.